The molecule has 1 heterocycles. The van der Waals surface area contributed by atoms with Gasteiger partial charge in [-0.3, -0.25) is 0 Å². The lowest BCUT2D eigenvalue weighted by atomic mass is 10.3. The van der Waals surface area contributed by atoms with E-state index in [2.05, 4.69) is 4.72 Å². The van der Waals surface area contributed by atoms with Crippen LogP contribution < -0.4 is 15.2 Å². The van der Waals surface area contributed by atoms with E-state index in [1.807, 2.05) is 25.1 Å². The van der Waals surface area contributed by atoms with E-state index < -0.39 is 10.0 Å². The minimum absolute atomic E-state index is 0.191. The van der Waals surface area contributed by atoms with Crippen LogP contribution in [0.15, 0.2) is 40.6 Å². The van der Waals surface area contributed by atoms with E-state index in [-0.39, 0.29) is 13.2 Å². The molecule has 0 spiro atoms. The fraction of sp³-hybridized carbons (Fsp3) is 0.286. The summed E-state index contributed by atoms with van der Waals surface area (Å²) < 4.78 is 32.4. The number of para-hydroxylation sites is 2. The molecule has 0 aliphatic heterocycles. The Morgan fingerprint density at radius 3 is 2.67 bits per heavy atom. The molecule has 1 aromatic heterocycles. The van der Waals surface area contributed by atoms with Crippen LogP contribution in [0, 0.1) is 0 Å². The van der Waals surface area contributed by atoms with Gasteiger partial charge in [0.15, 0.2) is 0 Å². The zero-order chi connectivity index (χ0) is 15.3. The second-order valence-electron chi connectivity index (χ2n) is 4.36. The predicted molar refractivity (Wildman–Crippen MR) is 85.2 cm³/mol. The first-order valence-electron chi connectivity index (χ1n) is 6.58. The van der Waals surface area contributed by atoms with E-state index in [0.29, 0.717) is 15.6 Å². The molecule has 0 amide bonds. The number of ether oxygens (including phenoxy) is 1. The highest BCUT2D eigenvalue weighted by molar-refractivity contribution is 7.91. The number of hydrogen-bond donors (Lipinski definition) is 2. The third kappa shape index (κ3) is 4.20. The van der Waals surface area contributed by atoms with Gasteiger partial charge in [-0.25, -0.2) is 13.1 Å². The molecule has 3 N–H and O–H groups in total. The quantitative estimate of drug-likeness (QED) is 0.604. The summed E-state index contributed by atoms with van der Waals surface area (Å²) in [6.07, 6.45) is 0.830. The Hall–Kier alpha value is -1.57. The van der Waals surface area contributed by atoms with Gasteiger partial charge in [0.1, 0.15) is 16.6 Å². The van der Waals surface area contributed by atoms with Gasteiger partial charge in [0, 0.05) is 11.4 Å². The fourth-order valence-corrected chi connectivity index (χ4v) is 4.07. The van der Waals surface area contributed by atoms with Crippen LogP contribution in [0.5, 0.6) is 5.75 Å². The van der Waals surface area contributed by atoms with Crippen LogP contribution >= 0.6 is 11.3 Å². The Kier molecular flexibility index (Phi) is 5.22. The Morgan fingerprint density at radius 2 is 2.00 bits per heavy atom. The van der Waals surface area contributed by atoms with E-state index in [1.54, 1.807) is 18.2 Å². The Morgan fingerprint density at radius 1 is 1.24 bits per heavy atom. The molecule has 7 heteroatoms. The van der Waals surface area contributed by atoms with Crippen molar-refractivity contribution in [3.05, 3.63) is 41.3 Å². The summed E-state index contributed by atoms with van der Waals surface area (Å²) in [5.74, 6) is 0.557. The number of nitrogens with one attached hydrogen (secondary N) is 1. The Balaban J connectivity index is 1.86. The highest BCUT2D eigenvalue weighted by Gasteiger charge is 2.15. The zero-order valence-electron chi connectivity index (χ0n) is 11.7. The zero-order valence-corrected chi connectivity index (χ0v) is 13.3. The number of nitrogens with two attached hydrogens (primary N) is 1. The number of aryl methyl sites for hydroxylation is 1. The summed E-state index contributed by atoms with van der Waals surface area (Å²) in [4.78, 5) is 1.05. The van der Waals surface area contributed by atoms with Gasteiger partial charge < -0.3 is 10.5 Å². The number of hydrogen-bond acceptors (Lipinski definition) is 5. The highest BCUT2D eigenvalue weighted by atomic mass is 32.2. The molecule has 0 aliphatic rings. The summed E-state index contributed by atoms with van der Waals surface area (Å²) >= 11 is 1.29. The molecule has 0 bridgehead atoms. The van der Waals surface area contributed by atoms with Crippen molar-refractivity contribution in [1.82, 2.24) is 4.72 Å². The first-order chi connectivity index (χ1) is 10.0. The molecule has 5 nitrogen and oxygen atoms in total. The summed E-state index contributed by atoms with van der Waals surface area (Å²) in [5.41, 5.74) is 6.27. The van der Waals surface area contributed by atoms with Crippen LogP contribution in [0.3, 0.4) is 0 Å². The van der Waals surface area contributed by atoms with Gasteiger partial charge in [0.25, 0.3) is 0 Å². The highest BCUT2D eigenvalue weighted by Crippen LogP contribution is 2.22. The van der Waals surface area contributed by atoms with Crippen molar-refractivity contribution in [1.29, 1.82) is 0 Å². The molecular formula is C14H18N2O3S2. The summed E-state index contributed by atoms with van der Waals surface area (Å²) in [5, 5.41) is 0. The lowest BCUT2D eigenvalue weighted by Gasteiger charge is -2.09. The topological polar surface area (TPSA) is 81.4 Å². The maximum absolute atomic E-state index is 12.1. The smallest absolute Gasteiger partial charge is 0.250 e. The number of rotatable bonds is 7. The molecule has 0 unspecified atom stereocenters. The van der Waals surface area contributed by atoms with Crippen molar-refractivity contribution in [2.75, 3.05) is 18.9 Å². The summed E-state index contributed by atoms with van der Waals surface area (Å²) in [6.45, 7) is 2.41. The lowest BCUT2D eigenvalue weighted by Crippen LogP contribution is -2.27. The van der Waals surface area contributed by atoms with Crippen molar-refractivity contribution >= 4 is 27.0 Å². The molecule has 0 saturated heterocycles. The van der Waals surface area contributed by atoms with E-state index >= 15 is 0 Å². The van der Waals surface area contributed by atoms with E-state index in [4.69, 9.17) is 10.5 Å². The normalized spacial score (nSPS) is 11.5. The predicted octanol–water partition coefficient (Wildman–Crippen LogP) is 2.25. The van der Waals surface area contributed by atoms with Crippen LogP contribution in [0.4, 0.5) is 5.69 Å². The molecule has 0 aliphatic carbocycles. The third-order valence-electron chi connectivity index (χ3n) is 2.82. The van der Waals surface area contributed by atoms with Crippen LogP contribution in [0.2, 0.25) is 0 Å². The molecule has 21 heavy (non-hydrogen) atoms. The largest absolute Gasteiger partial charge is 0.490 e. The van der Waals surface area contributed by atoms with Gasteiger partial charge in [-0.05, 0) is 30.7 Å². The lowest BCUT2D eigenvalue weighted by molar-refractivity contribution is 0.324. The van der Waals surface area contributed by atoms with Gasteiger partial charge in [-0.1, -0.05) is 19.1 Å². The number of benzene rings is 1. The SMILES string of the molecule is CCc1ccc(S(=O)(=O)NCCOc2ccccc2N)s1. The number of sulfonamides is 1. The van der Waals surface area contributed by atoms with Crippen molar-refractivity contribution in [3.63, 3.8) is 0 Å². The summed E-state index contributed by atoms with van der Waals surface area (Å²) in [7, 11) is -3.46. The molecule has 0 atom stereocenters. The number of nitrogen functional groups attached to an aromatic ring is 1. The second-order valence-corrected chi connectivity index (χ2v) is 7.52. The standard InChI is InChI=1S/C14H18N2O3S2/c1-2-11-7-8-14(20-11)21(17,18)16-9-10-19-13-6-4-3-5-12(13)15/h3-8,16H,2,9-10,15H2,1H3. The Bertz CT molecular complexity index is 696. The monoisotopic (exact) mass is 326 g/mol. The first-order valence-corrected chi connectivity index (χ1v) is 8.88. The van der Waals surface area contributed by atoms with Gasteiger partial charge in [-0.15, -0.1) is 11.3 Å². The van der Waals surface area contributed by atoms with Crippen LogP contribution in [-0.4, -0.2) is 21.6 Å². The fourth-order valence-electron chi connectivity index (χ4n) is 1.71. The molecule has 2 rings (SSSR count). The number of anilines is 1. The van der Waals surface area contributed by atoms with Gasteiger partial charge >= 0.3 is 0 Å². The molecule has 1 aromatic carbocycles. The minimum atomic E-state index is -3.46. The molecule has 114 valence electrons. The molecule has 0 fully saturated rings. The number of thiophene rings is 1. The van der Waals surface area contributed by atoms with Crippen molar-refractivity contribution < 1.29 is 13.2 Å². The molecular weight excluding hydrogens is 308 g/mol. The van der Waals surface area contributed by atoms with E-state index in [0.717, 1.165) is 11.3 Å². The second kappa shape index (κ2) is 6.93. The maximum atomic E-state index is 12.1. The van der Waals surface area contributed by atoms with Gasteiger partial charge in [0.2, 0.25) is 10.0 Å². The Labute approximate surface area is 128 Å². The maximum Gasteiger partial charge on any atom is 0.250 e. The van der Waals surface area contributed by atoms with Crippen LogP contribution in [0.1, 0.15) is 11.8 Å². The van der Waals surface area contributed by atoms with Crippen molar-refractivity contribution in [2.24, 2.45) is 0 Å². The van der Waals surface area contributed by atoms with Crippen LogP contribution in [0.25, 0.3) is 0 Å². The molecule has 0 radical (unpaired) electrons. The van der Waals surface area contributed by atoms with Gasteiger partial charge in [0.05, 0.1) is 5.69 Å². The third-order valence-corrected chi connectivity index (χ3v) is 6.00. The molecule has 0 saturated carbocycles. The van der Waals surface area contributed by atoms with E-state index in [1.165, 1.54) is 11.3 Å². The van der Waals surface area contributed by atoms with Crippen molar-refractivity contribution in [3.8, 4) is 5.75 Å². The average molecular weight is 326 g/mol. The average Bonchev–Trinajstić information content (AvgIpc) is 2.95. The first kappa shape index (κ1) is 15.8. The molecule has 2 aromatic rings. The van der Waals surface area contributed by atoms with Crippen molar-refractivity contribution in [2.45, 2.75) is 17.6 Å². The van der Waals surface area contributed by atoms with Crippen LogP contribution in [-0.2, 0) is 16.4 Å². The van der Waals surface area contributed by atoms with E-state index in [9.17, 15) is 8.42 Å². The van der Waals surface area contributed by atoms with Gasteiger partial charge in [-0.2, -0.15) is 0 Å². The minimum Gasteiger partial charge on any atom is -0.490 e. The summed E-state index contributed by atoms with van der Waals surface area (Å²) in [6, 6.07) is 10.6.